The molecule has 162 valence electrons. The molecule has 0 aromatic heterocycles. The van der Waals surface area contributed by atoms with E-state index >= 15 is 4.39 Å². The number of amides is 2. The molecular formula is C29H22FNO2. The Bertz CT molecular complexity index is 1380. The van der Waals surface area contributed by atoms with Crippen molar-refractivity contribution in [2.45, 2.75) is 20.8 Å². The molecule has 5 rings (SSSR count). The molecule has 0 bridgehead atoms. The maximum Gasteiger partial charge on any atom is 0.269 e. The molecule has 1 aliphatic rings. The Kier molecular flexibility index (Phi) is 4.94. The van der Waals surface area contributed by atoms with Gasteiger partial charge in [-0.15, -0.1) is 0 Å². The minimum absolute atomic E-state index is 0.135. The third-order valence-corrected chi connectivity index (χ3v) is 6.56. The molecule has 33 heavy (non-hydrogen) atoms. The van der Waals surface area contributed by atoms with Crippen LogP contribution in [0.2, 0.25) is 0 Å². The number of benzene rings is 4. The number of hydrogen-bond acceptors (Lipinski definition) is 2. The summed E-state index contributed by atoms with van der Waals surface area (Å²) in [4.78, 5) is 28.3. The van der Waals surface area contributed by atoms with Crippen molar-refractivity contribution in [2.75, 3.05) is 4.90 Å². The van der Waals surface area contributed by atoms with E-state index < -0.39 is 17.6 Å². The Morgan fingerprint density at radius 3 is 1.79 bits per heavy atom. The minimum Gasteiger partial charge on any atom is -0.268 e. The summed E-state index contributed by atoms with van der Waals surface area (Å²) in [7, 11) is 0. The first kappa shape index (κ1) is 20.8. The molecule has 4 aromatic carbocycles. The van der Waals surface area contributed by atoms with Crippen LogP contribution in [0.25, 0.3) is 22.3 Å². The quantitative estimate of drug-likeness (QED) is 0.329. The van der Waals surface area contributed by atoms with Gasteiger partial charge in [0.15, 0.2) is 0 Å². The minimum atomic E-state index is -0.624. The molecule has 2 amide bonds. The number of hydrogen-bond donors (Lipinski definition) is 0. The summed E-state index contributed by atoms with van der Waals surface area (Å²) >= 11 is 0. The summed E-state index contributed by atoms with van der Waals surface area (Å²) in [5.74, 6) is -1.73. The average molecular weight is 435 g/mol. The van der Waals surface area contributed by atoms with E-state index in [1.54, 1.807) is 26.8 Å². The second-order valence-electron chi connectivity index (χ2n) is 8.32. The third kappa shape index (κ3) is 3.10. The maximum atomic E-state index is 15.2. The van der Waals surface area contributed by atoms with Crippen molar-refractivity contribution in [3.05, 3.63) is 112 Å². The van der Waals surface area contributed by atoms with Gasteiger partial charge in [-0.05, 0) is 60.2 Å². The Balaban J connectivity index is 1.79. The van der Waals surface area contributed by atoms with E-state index in [2.05, 4.69) is 0 Å². The molecule has 3 nitrogen and oxygen atoms in total. The molecule has 0 unspecified atom stereocenters. The van der Waals surface area contributed by atoms with Gasteiger partial charge in [0.2, 0.25) is 0 Å². The van der Waals surface area contributed by atoms with Crippen molar-refractivity contribution >= 4 is 17.5 Å². The van der Waals surface area contributed by atoms with Gasteiger partial charge in [-0.3, -0.25) is 9.59 Å². The first-order chi connectivity index (χ1) is 15.9. The molecule has 0 saturated heterocycles. The molecule has 0 fully saturated rings. The average Bonchev–Trinajstić information content (AvgIpc) is 3.11. The maximum absolute atomic E-state index is 15.2. The van der Waals surface area contributed by atoms with Crippen LogP contribution in [0, 0.1) is 26.6 Å². The van der Waals surface area contributed by atoms with Gasteiger partial charge >= 0.3 is 0 Å². The van der Waals surface area contributed by atoms with Crippen molar-refractivity contribution in [2.24, 2.45) is 0 Å². The number of halogens is 1. The fraction of sp³-hybridized carbons (Fsp3) is 0.103. The number of imide groups is 1. The number of carbonyl (C=O) groups is 2. The number of anilines is 1. The van der Waals surface area contributed by atoms with E-state index in [-0.39, 0.29) is 11.1 Å². The molecule has 0 radical (unpaired) electrons. The highest BCUT2D eigenvalue weighted by Gasteiger charge is 2.42. The molecular weight excluding hydrogens is 413 g/mol. The summed E-state index contributed by atoms with van der Waals surface area (Å²) in [6.45, 7) is 5.19. The number of rotatable bonds is 3. The lowest BCUT2D eigenvalue weighted by Crippen LogP contribution is -2.30. The zero-order valence-corrected chi connectivity index (χ0v) is 18.6. The highest BCUT2D eigenvalue weighted by atomic mass is 19.1. The van der Waals surface area contributed by atoms with Crippen molar-refractivity contribution in [3.63, 3.8) is 0 Å². The smallest absolute Gasteiger partial charge is 0.268 e. The number of nitrogens with zero attached hydrogens (tertiary/aromatic N) is 1. The van der Waals surface area contributed by atoms with Gasteiger partial charge in [0.25, 0.3) is 11.8 Å². The first-order valence-electron chi connectivity index (χ1n) is 10.8. The van der Waals surface area contributed by atoms with Crippen LogP contribution in [0.4, 0.5) is 10.1 Å². The van der Waals surface area contributed by atoms with Crippen LogP contribution in [0.15, 0.2) is 78.9 Å². The van der Waals surface area contributed by atoms with Crippen LogP contribution in [-0.4, -0.2) is 11.8 Å². The molecule has 0 aliphatic carbocycles. The Labute approximate surface area is 192 Å². The summed E-state index contributed by atoms with van der Waals surface area (Å²) in [5.41, 5.74) is 5.68. The first-order valence-corrected chi connectivity index (χ1v) is 10.8. The van der Waals surface area contributed by atoms with E-state index in [4.69, 9.17) is 0 Å². The Morgan fingerprint density at radius 2 is 1.15 bits per heavy atom. The van der Waals surface area contributed by atoms with Crippen LogP contribution in [0.1, 0.15) is 37.4 Å². The molecule has 0 saturated carbocycles. The van der Waals surface area contributed by atoms with Crippen LogP contribution in [0.5, 0.6) is 0 Å². The van der Waals surface area contributed by atoms with Crippen LogP contribution >= 0.6 is 0 Å². The molecule has 4 aromatic rings. The van der Waals surface area contributed by atoms with Crippen LogP contribution in [0.3, 0.4) is 0 Å². The molecule has 0 atom stereocenters. The summed E-state index contributed by atoms with van der Waals surface area (Å²) in [6, 6.07) is 25.0. The van der Waals surface area contributed by atoms with Crippen LogP contribution < -0.4 is 4.90 Å². The SMILES string of the molecule is Cc1c(C)c(F)c2c(c1C)C(=O)N(c1cccc(-c3ccccc3)c1-c1ccccc1)C2=O. The molecule has 1 aliphatic heterocycles. The zero-order chi connectivity index (χ0) is 23.3. The summed E-state index contributed by atoms with van der Waals surface area (Å²) in [5, 5.41) is 0. The van der Waals surface area contributed by atoms with Crippen molar-refractivity contribution in [3.8, 4) is 22.3 Å². The zero-order valence-electron chi connectivity index (χ0n) is 18.6. The lowest BCUT2D eigenvalue weighted by Gasteiger charge is -2.21. The fourth-order valence-electron chi connectivity index (χ4n) is 4.61. The second-order valence-corrected chi connectivity index (χ2v) is 8.32. The van der Waals surface area contributed by atoms with E-state index in [9.17, 15) is 9.59 Å². The van der Waals surface area contributed by atoms with Crippen molar-refractivity contribution in [1.82, 2.24) is 0 Å². The van der Waals surface area contributed by atoms with Crippen molar-refractivity contribution in [1.29, 1.82) is 0 Å². The van der Waals surface area contributed by atoms with Gasteiger partial charge in [-0.1, -0.05) is 72.8 Å². The van der Waals surface area contributed by atoms with E-state index in [1.807, 2.05) is 72.8 Å². The van der Waals surface area contributed by atoms with E-state index in [0.29, 0.717) is 22.4 Å². The topological polar surface area (TPSA) is 37.4 Å². The fourth-order valence-corrected chi connectivity index (χ4v) is 4.61. The standard InChI is InChI=1S/C29H22FNO2/c1-17-18(2)24-26(27(30)19(17)3)29(33)31(28(24)32)23-16-10-15-22(20-11-6-4-7-12-20)25(23)21-13-8-5-9-14-21/h4-16H,1-3H3. The third-order valence-electron chi connectivity index (χ3n) is 6.56. The number of fused-ring (bicyclic) bond motifs is 1. The number of carbonyl (C=O) groups excluding carboxylic acids is 2. The Morgan fingerprint density at radius 1 is 0.576 bits per heavy atom. The summed E-state index contributed by atoms with van der Waals surface area (Å²) in [6.07, 6.45) is 0. The lowest BCUT2D eigenvalue weighted by molar-refractivity contribution is 0.0925. The lowest BCUT2D eigenvalue weighted by atomic mass is 9.92. The molecule has 4 heteroatoms. The van der Waals surface area contributed by atoms with Gasteiger partial charge in [0.1, 0.15) is 5.82 Å². The van der Waals surface area contributed by atoms with Crippen LogP contribution in [-0.2, 0) is 0 Å². The molecule has 0 spiro atoms. The largest absolute Gasteiger partial charge is 0.269 e. The normalized spacial score (nSPS) is 12.9. The van der Waals surface area contributed by atoms with Gasteiger partial charge in [0, 0.05) is 5.56 Å². The van der Waals surface area contributed by atoms with Gasteiger partial charge < -0.3 is 0 Å². The predicted octanol–water partition coefficient (Wildman–Crippen LogP) is 6.89. The predicted molar refractivity (Wildman–Crippen MR) is 129 cm³/mol. The second kappa shape index (κ2) is 7.82. The van der Waals surface area contributed by atoms with Gasteiger partial charge in [0.05, 0.1) is 16.8 Å². The van der Waals surface area contributed by atoms with E-state index in [0.717, 1.165) is 27.2 Å². The molecule has 1 heterocycles. The summed E-state index contributed by atoms with van der Waals surface area (Å²) < 4.78 is 15.2. The highest BCUT2D eigenvalue weighted by molar-refractivity contribution is 6.36. The van der Waals surface area contributed by atoms with E-state index in [1.165, 1.54) is 0 Å². The molecule has 0 N–H and O–H groups in total. The van der Waals surface area contributed by atoms with Gasteiger partial charge in [-0.2, -0.15) is 0 Å². The van der Waals surface area contributed by atoms with Gasteiger partial charge in [-0.25, -0.2) is 9.29 Å². The Hall–Kier alpha value is -4.05. The highest BCUT2D eigenvalue weighted by Crippen LogP contribution is 2.43. The van der Waals surface area contributed by atoms with Crippen molar-refractivity contribution < 1.29 is 14.0 Å². The monoisotopic (exact) mass is 435 g/mol.